The molecule has 45 heavy (non-hydrogen) atoms. The van der Waals surface area contributed by atoms with Crippen molar-refractivity contribution in [2.24, 2.45) is 0 Å². The van der Waals surface area contributed by atoms with Crippen LogP contribution in [-0.2, 0) is 38.4 Å². The van der Waals surface area contributed by atoms with Crippen molar-refractivity contribution < 1.29 is 24.3 Å². The van der Waals surface area contributed by atoms with Gasteiger partial charge in [-0.3, -0.25) is 19.2 Å². The molecular weight excluding hydrogens is 570 g/mol. The average Bonchev–Trinajstić information content (AvgIpc) is 3.59. The van der Waals surface area contributed by atoms with Gasteiger partial charge in [0.1, 0.15) is 24.2 Å². The fourth-order valence-corrected chi connectivity index (χ4v) is 6.15. The Hall–Kier alpha value is -5.22. The Morgan fingerprint density at radius 2 is 1.22 bits per heavy atom. The molecule has 5 N–H and O–H groups in total. The van der Waals surface area contributed by atoms with Crippen LogP contribution in [0.1, 0.15) is 16.7 Å². The molecule has 0 bridgehead atoms. The van der Waals surface area contributed by atoms with Gasteiger partial charge in [0.2, 0.25) is 23.6 Å². The molecule has 5 atom stereocenters. The van der Waals surface area contributed by atoms with Crippen molar-refractivity contribution in [1.29, 1.82) is 0 Å². The zero-order valence-electron chi connectivity index (χ0n) is 24.6. The SMILES string of the molecule is C=C1[C@@H]2C(=O)N[C@@H](Cc3ccccc3)C(=O)N[C@@H](Cc3c[nH]c4ccccc34)C(=O)N[C@@H](Cc3ccccc3)C(=O)N2C[C@H]1O. The average molecular weight is 606 g/mol. The van der Waals surface area contributed by atoms with Crippen molar-refractivity contribution in [3.05, 3.63) is 120 Å². The lowest BCUT2D eigenvalue weighted by Crippen LogP contribution is -2.62. The van der Waals surface area contributed by atoms with Crippen LogP contribution in [0, 0.1) is 0 Å². The Bertz CT molecular complexity index is 1740. The van der Waals surface area contributed by atoms with E-state index >= 15 is 0 Å². The molecule has 3 aromatic carbocycles. The summed E-state index contributed by atoms with van der Waals surface area (Å²) in [5, 5.41) is 20.2. The maximum Gasteiger partial charge on any atom is 0.247 e. The lowest BCUT2D eigenvalue weighted by atomic mass is 9.99. The molecule has 10 nitrogen and oxygen atoms in total. The predicted octanol–water partition coefficient (Wildman–Crippen LogP) is 1.79. The van der Waals surface area contributed by atoms with Gasteiger partial charge in [-0.1, -0.05) is 85.4 Å². The third-order valence-corrected chi connectivity index (χ3v) is 8.54. The Morgan fingerprint density at radius 1 is 0.689 bits per heavy atom. The van der Waals surface area contributed by atoms with Gasteiger partial charge in [-0.2, -0.15) is 0 Å². The first-order valence-electron chi connectivity index (χ1n) is 15.0. The van der Waals surface area contributed by atoms with Crippen LogP contribution in [0.25, 0.3) is 10.9 Å². The van der Waals surface area contributed by atoms with Crippen LogP contribution in [0.2, 0.25) is 0 Å². The van der Waals surface area contributed by atoms with E-state index < -0.39 is 53.9 Å². The topological polar surface area (TPSA) is 144 Å². The summed E-state index contributed by atoms with van der Waals surface area (Å²) in [5.74, 6) is -2.24. The van der Waals surface area contributed by atoms with E-state index in [1.54, 1.807) is 6.20 Å². The van der Waals surface area contributed by atoms with Crippen molar-refractivity contribution in [3.8, 4) is 0 Å². The Labute approximate surface area is 260 Å². The predicted molar refractivity (Wildman–Crippen MR) is 169 cm³/mol. The lowest BCUT2D eigenvalue weighted by molar-refractivity contribution is -0.143. The summed E-state index contributed by atoms with van der Waals surface area (Å²) in [6, 6.07) is 21.6. The van der Waals surface area contributed by atoms with Gasteiger partial charge in [-0.05, 0) is 28.3 Å². The Morgan fingerprint density at radius 3 is 1.89 bits per heavy atom. The normalized spacial score (nSPS) is 24.3. The minimum absolute atomic E-state index is 0.141. The number of aliphatic hydroxyl groups is 1. The Kier molecular flexibility index (Phi) is 8.48. The van der Waals surface area contributed by atoms with E-state index in [9.17, 15) is 24.3 Å². The van der Waals surface area contributed by atoms with Gasteiger partial charge in [0.15, 0.2) is 0 Å². The first kappa shape index (κ1) is 29.8. The van der Waals surface area contributed by atoms with Crippen LogP contribution in [0.5, 0.6) is 0 Å². The molecule has 2 aliphatic heterocycles. The van der Waals surface area contributed by atoms with Crippen LogP contribution >= 0.6 is 0 Å². The number of amides is 4. The van der Waals surface area contributed by atoms with E-state index in [0.717, 1.165) is 27.6 Å². The molecule has 0 unspecified atom stereocenters. The van der Waals surface area contributed by atoms with Crippen molar-refractivity contribution in [3.63, 3.8) is 0 Å². The van der Waals surface area contributed by atoms with Gasteiger partial charge >= 0.3 is 0 Å². The second-order valence-electron chi connectivity index (χ2n) is 11.6. The molecule has 0 saturated carbocycles. The number of nitrogens with zero attached hydrogens (tertiary/aromatic N) is 1. The van der Waals surface area contributed by atoms with Crippen molar-refractivity contribution in [2.45, 2.75) is 49.5 Å². The number of hydrogen-bond acceptors (Lipinski definition) is 5. The highest BCUT2D eigenvalue weighted by atomic mass is 16.3. The first-order valence-corrected chi connectivity index (χ1v) is 15.0. The van der Waals surface area contributed by atoms with Crippen LogP contribution in [0.4, 0.5) is 0 Å². The van der Waals surface area contributed by atoms with Crippen molar-refractivity contribution >= 4 is 34.5 Å². The highest BCUT2D eigenvalue weighted by Crippen LogP contribution is 2.26. The summed E-state index contributed by atoms with van der Waals surface area (Å²) < 4.78 is 0. The van der Waals surface area contributed by atoms with Gasteiger partial charge in [0.25, 0.3) is 0 Å². The maximum absolute atomic E-state index is 14.2. The second-order valence-corrected chi connectivity index (χ2v) is 11.6. The van der Waals surface area contributed by atoms with Crippen LogP contribution < -0.4 is 16.0 Å². The van der Waals surface area contributed by atoms with Gasteiger partial charge in [0.05, 0.1) is 12.6 Å². The first-order chi connectivity index (χ1) is 21.8. The number of rotatable bonds is 6. The maximum atomic E-state index is 14.2. The third-order valence-electron chi connectivity index (χ3n) is 8.54. The van der Waals surface area contributed by atoms with E-state index in [1.807, 2.05) is 84.9 Å². The third kappa shape index (κ3) is 6.37. The molecule has 1 aromatic heterocycles. The quantitative estimate of drug-likeness (QED) is 0.213. The summed E-state index contributed by atoms with van der Waals surface area (Å²) in [5.41, 5.74) is 3.44. The summed E-state index contributed by atoms with van der Waals surface area (Å²) >= 11 is 0. The van der Waals surface area contributed by atoms with Gasteiger partial charge in [-0.25, -0.2) is 0 Å². The number of aromatic nitrogens is 1. The fourth-order valence-electron chi connectivity index (χ4n) is 6.15. The van der Waals surface area contributed by atoms with Crippen molar-refractivity contribution in [1.82, 2.24) is 25.8 Å². The van der Waals surface area contributed by atoms with E-state index in [4.69, 9.17) is 0 Å². The monoisotopic (exact) mass is 605 g/mol. The van der Waals surface area contributed by atoms with Gasteiger partial charge < -0.3 is 30.9 Å². The summed E-state index contributed by atoms with van der Waals surface area (Å²) in [4.78, 5) is 60.4. The zero-order valence-corrected chi connectivity index (χ0v) is 24.6. The fraction of sp³-hybridized carbons (Fsp3) is 0.257. The number of aliphatic hydroxyl groups excluding tert-OH is 1. The molecular formula is C35H35N5O5. The van der Waals surface area contributed by atoms with Gasteiger partial charge in [0, 0.05) is 36.4 Å². The minimum Gasteiger partial charge on any atom is -0.387 e. The molecule has 0 radical (unpaired) electrons. The minimum atomic E-state index is -1.21. The molecule has 4 aromatic rings. The van der Waals surface area contributed by atoms with Gasteiger partial charge in [-0.15, -0.1) is 0 Å². The summed E-state index contributed by atoms with van der Waals surface area (Å²) in [6.07, 6.45) is 1.09. The van der Waals surface area contributed by atoms with E-state index in [1.165, 1.54) is 4.90 Å². The highest BCUT2D eigenvalue weighted by Gasteiger charge is 2.46. The number of fused-ring (bicyclic) bond motifs is 2. The number of para-hydroxylation sites is 1. The number of carbonyl (C=O) groups is 4. The highest BCUT2D eigenvalue weighted by molar-refractivity contribution is 5.99. The van der Waals surface area contributed by atoms with Crippen LogP contribution in [0.3, 0.4) is 0 Å². The van der Waals surface area contributed by atoms with E-state index in [2.05, 4.69) is 27.5 Å². The summed E-state index contributed by atoms with van der Waals surface area (Å²) in [7, 11) is 0. The Balaban J connectivity index is 1.39. The second kappa shape index (κ2) is 12.8. The molecule has 2 fully saturated rings. The number of hydrogen-bond donors (Lipinski definition) is 5. The van der Waals surface area contributed by atoms with Crippen LogP contribution in [-0.4, -0.2) is 75.4 Å². The molecule has 2 saturated heterocycles. The number of nitrogens with one attached hydrogen (secondary N) is 4. The smallest absolute Gasteiger partial charge is 0.247 e. The molecule has 3 heterocycles. The summed E-state index contributed by atoms with van der Waals surface area (Å²) in [6.45, 7) is 3.75. The molecule has 0 spiro atoms. The molecule has 10 heteroatoms. The number of H-pyrrole nitrogens is 1. The standard InChI is InChI=1S/C35H35N5O5/c1-21-30(41)20-40-31(21)34(44)38-27(16-22-10-4-2-5-11-22)32(42)37-28(18-24-19-36-26-15-9-8-14-25(24)26)33(43)39-29(35(40)45)17-23-12-6-3-7-13-23/h2-15,19,27-31,36,41H,1,16-18,20H2,(H,37,42)(H,38,44)(H,39,43)/t27-,28-,29-,30+,31+/m0/s1. The van der Waals surface area contributed by atoms with E-state index in [-0.39, 0.29) is 31.4 Å². The molecule has 6 rings (SSSR count). The lowest BCUT2D eigenvalue weighted by Gasteiger charge is -2.32. The zero-order chi connectivity index (χ0) is 31.5. The van der Waals surface area contributed by atoms with Crippen molar-refractivity contribution in [2.75, 3.05) is 6.54 Å². The number of carbonyl (C=O) groups excluding carboxylic acids is 4. The number of benzene rings is 3. The molecule has 4 amide bonds. The molecule has 230 valence electrons. The molecule has 2 aliphatic rings. The van der Waals surface area contributed by atoms with Crippen LogP contribution in [0.15, 0.2) is 103 Å². The van der Waals surface area contributed by atoms with E-state index in [0.29, 0.717) is 0 Å². The molecule has 0 aliphatic carbocycles. The largest absolute Gasteiger partial charge is 0.387 e. The number of aromatic amines is 1.